The average Bonchev–Trinajstić information content (AvgIpc) is 3.39. The van der Waals surface area contributed by atoms with Gasteiger partial charge in [-0.2, -0.15) is 0 Å². The Hall–Kier alpha value is -2.84. The summed E-state index contributed by atoms with van der Waals surface area (Å²) in [4.78, 5) is 31.4. The van der Waals surface area contributed by atoms with Crippen molar-refractivity contribution in [3.63, 3.8) is 0 Å². The summed E-state index contributed by atoms with van der Waals surface area (Å²) in [5, 5.41) is 7.72. The topological polar surface area (TPSA) is 74.3 Å². The third kappa shape index (κ3) is 4.18. The van der Waals surface area contributed by atoms with Crippen molar-refractivity contribution in [1.82, 2.24) is 10.3 Å². The molecule has 1 aromatic heterocycles. The van der Waals surface area contributed by atoms with Crippen LogP contribution in [0.2, 0.25) is 0 Å². The molecule has 142 valence electrons. The molecule has 28 heavy (non-hydrogen) atoms. The molecular formula is C20H18N4O2S2. The van der Waals surface area contributed by atoms with Gasteiger partial charge in [-0.25, -0.2) is 9.78 Å². The zero-order chi connectivity index (χ0) is 19.3. The van der Waals surface area contributed by atoms with Crippen LogP contribution in [0.1, 0.15) is 16.1 Å². The lowest BCUT2D eigenvalue weighted by Crippen LogP contribution is -2.27. The zero-order valence-corrected chi connectivity index (χ0v) is 16.6. The van der Waals surface area contributed by atoms with E-state index in [1.165, 1.54) is 0 Å². The second-order valence-corrected chi connectivity index (χ2v) is 7.89. The summed E-state index contributed by atoms with van der Waals surface area (Å²) in [7, 11) is 0. The number of anilines is 2. The van der Waals surface area contributed by atoms with Crippen molar-refractivity contribution in [2.45, 2.75) is 10.6 Å². The number of carbonyl (C=O) groups is 2. The number of benzene rings is 2. The highest BCUT2D eigenvalue weighted by molar-refractivity contribution is 7.98. The van der Waals surface area contributed by atoms with Crippen molar-refractivity contribution in [2.75, 3.05) is 23.3 Å². The molecule has 2 N–H and O–H groups in total. The third-order valence-corrected chi connectivity index (χ3v) is 6.03. The van der Waals surface area contributed by atoms with Crippen LogP contribution in [0.25, 0.3) is 0 Å². The van der Waals surface area contributed by atoms with E-state index in [9.17, 15) is 9.59 Å². The average molecular weight is 411 g/mol. The van der Waals surface area contributed by atoms with Crippen LogP contribution >= 0.6 is 23.1 Å². The Morgan fingerprint density at radius 2 is 2.04 bits per heavy atom. The lowest BCUT2D eigenvalue weighted by atomic mass is 10.2. The second kappa shape index (κ2) is 8.45. The molecule has 8 heteroatoms. The van der Waals surface area contributed by atoms with Gasteiger partial charge in [-0.15, -0.1) is 23.1 Å². The van der Waals surface area contributed by atoms with E-state index in [4.69, 9.17) is 0 Å². The minimum atomic E-state index is -0.159. The van der Waals surface area contributed by atoms with Gasteiger partial charge in [0, 0.05) is 40.5 Å². The monoisotopic (exact) mass is 410 g/mol. The van der Waals surface area contributed by atoms with Gasteiger partial charge in [0.15, 0.2) is 0 Å². The highest BCUT2D eigenvalue weighted by Crippen LogP contribution is 2.27. The number of aromatic nitrogens is 1. The van der Waals surface area contributed by atoms with Crippen molar-refractivity contribution < 1.29 is 9.59 Å². The predicted octanol–water partition coefficient (Wildman–Crippen LogP) is 4.22. The van der Waals surface area contributed by atoms with Gasteiger partial charge in [0.25, 0.3) is 5.91 Å². The molecule has 1 saturated heterocycles. The number of nitrogens with one attached hydrogen (secondary N) is 2. The quantitative estimate of drug-likeness (QED) is 0.597. The highest BCUT2D eigenvalue weighted by atomic mass is 32.2. The smallest absolute Gasteiger partial charge is 0.321 e. The van der Waals surface area contributed by atoms with Crippen LogP contribution in [0.3, 0.4) is 0 Å². The Kier molecular flexibility index (Phi) is 5.59. The van der Waals surface area contributed by atoms with E-state index in [0.29, 0.717) is 24.3 Å². The van der Waals surface area contributed by atoms with Crippen molar-refractivity contribution >= 4 is 46.4 Å². The van der Waals surface area contributed by atoms with E-state index in [1.807, 2.05) is 59.4 Å². The van der Waals surface area contributed by atoms with Gasteiger partial charge in [0.2, 0.25) is 0 Å². The van der Waals surface area contributed by atoms with Crippen LogP contribution in [0.15, 0.2) is 64.3 Å². The molecule has 4 rings (SSSR count). The first kappa shape index (κ1) is 18.5. The van der Waals surface area contributed by atoms with Gasteiger partial charge in [-0.1, -0.05) is 12.1 Å². The minimum absolute atomic E-state index is 0.0946. The summed E-state index contributed by atoms with van der Waals surface area (Å²) in [6.45, 7) is 1.29. The Labute approximate surface area is 171 Å². The molecule has 0 saturated carbocycles. The van der Waals surface area contributed by atoms with Crippen LogP contribution < -0.4 is 15.5 Å². The fraction of sp³-hybridized carbons (Fsp3) is 0.150. The first-order chi connectivity index (χ1) is 13.7. The molecule has 2 aromatic carbocycles. The number of urea groups is 1. The van der Waals surface area contributed by atoms with Crippen molar-refractivity contribution in [1.29, 1.82) is 0 Å². The summed E-state index contributed by atoms with van der Waals surface area (Å²) in [5.41, 5.74) is 4.95. The number of rotatable bonds is 6. The van der Waals surface area contributed by atoms with E-state index in [0.717, 1.165) is 22.0 Å². The SMILES string of the molecule is O=C(Nc1ccc(N2CCNC2=O)cc1)c1ccccc1SCc1cscn1. The number of nitrogens with zero attached hydrogens (tertiary/aromatic N) is 2. The molecule has 0 spiro atoms. The number of hydrogen-bond acceptors (Lipinski definition) is 5. The van der Waals surface area contributed by atoms with E-state index in [1.54, 1.807) is 28.0 Å². The molecule has 1 aliphatic heterocycles. The molecule has 0 unspecified atom stereocenters. The normalized spacial score (nSPS) is 13.4. The molecule has 0 atom stereocenters. The van der Waals surface area contributed by atoms with Crippen molar-refractivity contribution in [3.05, 3.63) is 70.7 Å². The van der Waals surface area contributed by atoms with Gasteiger partial charge in [-0.3, -0.25) is 9.69 Å². The van der Waals surface area contributed by atoms with Gasteiger partial charge < -0.3 is 10.6 Å². The number of amides is 3. The minimum Gasteiger partial charge on any atom is -0.336 e. The second-order valence-electron chi connectivity index (χ2n) is 6.15. The molecule has 3 aromatic rings. The number of thiazole rings is 1. The highest BCUT2D eigenvalue weighted by Gasteiger charge is 2.21. The largest absolute Gasteiger partial charge is 0.336 e. The van der Waals surface area contributed by atoms with Gasteiger partial charge >= 0.3 is 6.03 Å². The van der Waals surface area contributed by atoms with Gasteiger partial charge in [0.05, 0.1) is 16.8 Å². The van der Waals surface area contributed by atoms with Crippen molar-refractivity contribution in [2.24, 2.45) is 0 Å². The third-order valence-electron chi connectivity index (χ3n) is 4.28. The number of thioether (sulfide) groups is 1. The summed E-state index contributed by atoms with van der Waals surface area (Å²) in [6.07, 6.45) is 0. The fourth-order valence-corrected chi connectivity index (χ4v) is 4.50. The van der Waals surface area contributed by atoms with Crippen LogP contribution in [0.5, 0.6) is 0 Å². The van der Waals surface area contributed by atoms with E-state index in [2.05, 4.69) is 15.6 Å². The summed E-state index contributed by atoms with van der Waals surface area (Å²) < 4.78 is 0. The molecule has 2 heterocycles. The summed E-state index contributed by atoms with van der Waals surface area (Å²) in [6, 6.07) is 14.7. The van der Waals surface area contributed by atoms with Gasteiger partial charge in [-0.05, 0) is 36.4 Å². The molecule has 0 aliphatic carbocycles. The zero-order valence-electron chi connectivity index (χ0n) is 14.9. The summed E-state index contributed by atoms with van der Waals surface area (Å²) in [5.74, 6) is 0.563. The van der Waals surface area contributed by atoms with Crippen molar-refractivity contribution in [3.8, 4) is 0 Å². The molecule has 1 aliphatic rings. The van der Waals surface area contributed by atoms with Crippen LogP contribution in [0, 0.1) is 0 Å². The van der Waals surface area contributed by atoms with Crippen LogP contribution in [-0.2, 0) is 5.75 Å². The van der Waals surface area contributed by atoms with Crippen LogP contribution in [0.4, 0.5) is 16.2 Å². The first-order valence-corrected chi connectivity index (χ1v) is 10.7. The Bertz CT molecular complexity index is 974. The summed E-state index contributed by atoms with van der Waals surface area (Å²) >= 11 is 3.16. The molecule has 1 fully saturated rings. The lowest BCUT2D eigenvalue weighted by molar-refractivity contribution is 0.102. The molecule has 0 radical (unpaired) electrons. The lowest BCUT2D eigenvalue weighted by Gasteiger charge is -2.15. The standard InChI is InChI=1S/C20H18N4O2S2/c25-19(17-3-1-2-4-18(17)28-12-15-11-27-13-22-15)23-14-5-7-16(8-6-14)24-10-9-21-20(24)26/h1-8,11,13H,9-10,12H2,(H,21,26)(H,23,25). The number of hydrogen-bond donors (Lipinski definition) is 2. The maximum Gasteiger partial charge on any atom is 0.321 e. The Morgan fingerprint density at radius 3 is 2.75 bits per heavy atom. The van der Waals surface area contributed by atoms with E-state index < -0.39 is 0 Å². The fourth-order valence-electron chi connectivity index (χ4n) is 2.88. The maximum absolute atomic E-state index is 12.8. The molecule has 6 nitrogen and oxygen atoms in total. The Balaban J connectivity index is 1.44. The predicted molar refractivity (Wildman–Crippen MR) is 113 cm³/mol. The maximum atomic E-state index is 12.8. The molecular weight excluding hydrogens is 392 g/mol. The van der Waals surface area contributed by atoms with Gasteiger partial charge in [0.1, 0.15) is 0 Å². The molecule has 3 amide bonds. The Morgan fingerprint density at radius 1 is 1.21 bits per heavy atom. The molecule has 0 bridgehead atoms. The van der Waals surface area contributed by atoms with E-state index >= 15 is 0 Å². The van der Waals surface area contributed by atoms with E-state index in [-0.39, 0.29) is 11.9 Å². The van der Waals surface area contributed by atoms with Crippen LogP contribution in [-0.4, -0.2) is 30.0 Å². The first-order valence-electron chi connectivity index (χ1n) is 8.76. The number of carbonyl (C=O) groups excluding carboxylic acids is 2.